The Morgan fingerprint density at radius 1 is 1.04 bits per heavy atom. The molecule has 2 rings (SSSR count). The lowest BCUT2D eigenvalue weighted by Crippen LogP contribution is -2.21. The van der Waals surface area contributed by atoms with Crippen molar-refractivity contribution in [1.29, 1.82) is 0 Å². The van der Waals surface area contributed by atoms with E-state index in [4.69, 9.17) is 16.3 Å². The number of hydrogen-bond donors (Lipinski definition) is 1. The third-order valence-corrected chi connectivity index (χ3v) is 3.39. The Morgan fingerprint density at radius 3 is 2.20 bits per heavy atom. The van der Waals surface area contributed by atoms with Crippen molar-refractivity contribution in [2.75, 3.05) is 19.0 Å². The fraction of sp³-hybridized carbons (Fsp3) is 0.118. The van der Waals surface area contributed by atoms with Gasteiger partial charge in [0.2, 0.25) is 0 Å². The average molecular weight is 366 g/mol. The lowest BCUT2D eigenvalue weighted by molar-refractivity contribution is -0.119. The van der Waals surface area contributed by atoms with Crippen molar-refractivity contribution >= 4 is 35.1 Å². The molecule has 0 aliphatic carbocycles. The summed E-state index contributed by atoms with van der Waals surface area (Å²) in [5, 5.41) is 2.43. The molecule has 0 saturated carbocycles. The molecular weight excluding hydrogens is 353 g/mol. The zero-order valence-electron chi connectivity index (χ0n) is 13.0. The molecule has 25 heavy (non-hydrogen) atoms. The molecule has 8 heteroatoms. The van der Waals surface area contributed by atoms with Gasteiger partial charge in [0.05, 0.1) is 28.9 Å². The van der Waals surface area contributed by atoms with Crippen molar-refractivity contribution < 1.29 is 28.2 Å². The topological polar surface area (TPSA) is 81.7 Å². The molecule has 1 amide bonds. The molecule has 1 N–H and O–H groups in total. The molecule has 0 bridgehead atoms. The van der Waals surface area contributed by atoms with Crippen LogP contribution in [0.2, 0.25) is 5.02 Å². The van der Waals surface area contributed by atoms with Crippen LogP contribution in [0.1, 0.15) is 20.7 Å². The van der Waals surface area contributed by atoms with E-state index in [2.05, 4.69) is 10.1 Å². The standard InChI is InChI=1S/C17H13ClFNO5/c1-24-16(22)10-2-4-11(5-3-10)17(23)25-9-15(21)20-14-7-6-12(19)8-13(14)18/h2-8H,9H2,1H3,(H,20,21). The molecule has 6 nitrogen and oxygen atoms in total. The van der Waals surface area contributed by atoms with Crippen LogP contribution in [0.15, 0.2) is 42.5 Å². The van der Waals surface area contributed by atoms with Crippen LogP contribution in [0.5, 0.6) is 0 Å². The highest BCUT2D eigenvalue weighted by Crippen LogP contribution is 2.22. The monoisotopic (exact) mass is 365 g/mol. The van der Waals surface area contributed by atoms with Gasteiger partial charge in [-0.1, -0.05) is 11.6 Å². The minimum Gasteiger partial charge on any atom is -0.465 e. The van der Waals surface area contributed by atoms with Crippen LogP contribution >= 0.6 is 11.6 Å². The number of amides is 1. The van der Waals surface area contributed by atoms with Crippen LogP contribution in [-0.4, -0.2) is 31.6 Å². The quantitative estimate of drug-likeness (QED) is 0.823. The molecule has 0 aliphatic heterocycles. The molecule has 0 saturated heterocycles. The molecule has 0 atom stereocenters. The smallest absolute Gasteiger partial charge is 0.338 e. The predicted molar refractivity (Wildman–Crippen MR) is 88.1 cm³/mol. The van der Waals surface area contributed by atoms with Gasteiger partial charge in [0, 0.05) is 0 Å². The van der Waals surface area contributed by atoms with E-state index in [9.17, 15) is 18.8 Å². The number of halogens is 2. The lowest BCUT2D eigenvalue weighted by atomic mass is 10.1. The number of esters is 2. The minimum atomic E-state index is -0.739. The van der Waals surface area contributed by atoms with Gasteiger partial charge in [-0.05, 0) is 42.5 Å². The van der Waals surface area contributed by atoms with Gasteiger partial charge >= 0.3 is 11.9 Å². The van der Waals surface area contributed by atoms with Gasteiger partial charge in [-0.2, -0.15) is 0 Å². The Hall–Kier alpha value is -2.93. The minimum absolute atomic E-state index is 0.0260. The van der Waals surface area contributed by atoms with Crippen molar-refractivity contribution in [1.82, 2.24) is 0 Å². The van der Waals surface area contributed by atoms with Crippen LogP contribution in [0.25, 0.3) is 0 Å². The number of anilines is 1. The van der Waals surface area contributed by atoms with Crippen LogP contribution in [0, 0.1) is 5.82 Å². The Morgan fingerprint density at radius 2 is 1.64 bits per heavy atom. The molecule has 0 aromatic heterocycles. The predicted octanol–water partition coefficient (Wildman–Crippen LogP) is 3.06. The molecule has 2 aromatic carbocycles. The van der Waals surface area contributed by atoms with E-state index in [0.29, 0.717) is 0 Å². The van der Waals surface area contributed by atoms with Gasteiger partial charge in [-0.15, -0.1) is 0 Å². The van der Waals surface area contributed by atoms with E-state index in [1.165, 1.54) is 37.4 Å². The van der Waals surface area contributed by atoms with Gasteiger partial charge in [-0.3, -0.25) is 4.79 Å². The summed E-state index contributed by atoms with van der Waals surface area (Å²) in [6, 6.07) is 9.04. The molecule has 0 fully saturated rings. The third kappa shape index (κ3) is 5.02. The maximum atomic E-state index is 12.9. The highest BCUT2D eigenvalue weighted by atomic mass is 35.5. The van der Waals surface area contributed by atoms with Gasteiger partial charge in [0.25, 0.3) is 5.91 Å². The van der Waals surface area contributed by atoms with Crippen LogP contribution in [-0.2, 0) is 14.3 Å². The summed E-state index contributed by atoms with van der Waals surface area (Å²) in [5.74, 6) is -2.44. The molecule has 0 unspecified atom stereocenters. The van der Waals surface area contributed by atoms with E-state index in [-0.39, 0.29) is 21.8 Å². The summed E-state index contributed by atoms with van der Waals surface area (Å²) in [6.07, 6.45) is 0. The molecule has 0 heterocycles. The average Bonchev–Trinajstić information content (AvgIpc) is 2.61. The zero-order valence-corrected chi connectivity index (χ0v) is 13.8. The fourth-order valence-electron chi connectivity index (χ4n) is 1.85. The largest absolute Gasteiger partial charge is 0.465 e. The van der Waals surface area contributed by atoms with Gasteiger partial charge in [0.15, 0.2) is 6.61 Å². The first-order chi connectivity index (χ1) is 11.9. The number of ether oxygens (including phenoxy) is 2. The number of benzene rings is 2. The first kappa shape index (κ1) is 18.4. The normalized spacial score (nSPS) is 10.0. The maximum Gasteiger partial charge on any atom is 0.338 e. The summed E-state index contributed by atoms with van der Waals surface area (Å²) < 4.78 is 22.3. The fourth-order valence-corrected chi connectivity index (χ4v) is 2.07. The third-order valence-electron chi connectivity index (χ3n) is 3.08. The number of methoxy groups -OCH3 is 1. The van der Waals surface area contributed by atoms with E-state index in [0.717, 1.165) is 12.1 Å². The summed E-state index contributed by atoms with van der Waals surface area (Å²) in [5.41, 5.74) is 0.648. The van der Waals surface area contributed by atoms with Crippen LogP contribution < -0.4 is 5.32 Å². The van der Waals surface area contributed by atoms with Crippen LogP contribution in [0.4, 0.5) is 10.1 Å². The van der Waals surface area contributed by atoms with Gasteiger partial charge in [0.1, 0.15) is 5.82 Å². The second kappa shape index (κ2) is 8.25. The lowest BCUT2D eigenvalue weighted by Gasteiger charge is -2.08. The summed E-state index contributed by atoms with van der Waals surface area (Å²) in [6.45, 7) is -0.550. The van der Waals surface area contributed by atoms with E-state index < -0.39 is 30.3 Å². The van der Waals surface area contributed by atoms with E-state index in [1.807, 2.05) is 0 Å². The van der Waals surface area contributed by atoms with Crippen molar-refractivity contribution in [3.8, 4) is 0 Å². The van der Waals surface area contributed by atoms with Gasteiger partial charge < -0.3 is 14.8 Å². The first-order valence-corrected chi connectivity index (χ1v) is 7.39. The number of hydrogen-bond acceptors (Lipinski definition) is 5. The highest BCUT2D eigenvalue weighted by molar-refractivity contribution is 6.33. The summed E-state index contributed by atoms with van der Waals surface area (Å²) in [7, 11) is 1.25. The van der Waals surface area contributed by atoms with Gasteiger partial charge in [-0.25, -0.2) is 14.0 Å². The highest BCUT2D eigenvalue weighted by Gasteiger charge is 2.13. The number of carbonyl (C=O) groups excluding carboxylic acids is 3. The summed E-state index contributed by atoms with van der Waals surface area (Å²) >= 11 is 5.78. The SMILES string of the molecule is COC(=O)c1ccc(C(=O)OCC(=O)Nc2ccc(F)cc2Cl)cc1. The molecule has 2 aromatic rings. The Kier molecular flexibility index (Phi) is 6.08. The second-order valence-electron chi connectivity index (χ2n) is 4.82. The van der Waals surface area contributed by atoms with E-state index in [1.54, 1.807) is 0 Å². The molecule has 0 aliphatic rings. The maximum absolute atomic E-state index is 12.9. The molecular formula is C17H13ClFNO5. The second-order valence-corrected chi connectivity index (χ2v) is 5.22. The van der Waals surface area contributed by atoms with Crippen LogP contribution in [0.3, 0.4) is 0 Å². The Balaban J connectivity index is 1.90. The molecule has 0 radical (unpaired) electrons. The number of rotatable bonds is 5. The Labute approximate surface area is 147 Å². The Bertz CT molecular complexity index is 807. The van der Waals surface area contributed by atoms with Crippen molar-refractivity contribution in [2.24, 2.45) is 0 Å². The number of nitrogens with one attached hydrogen (secondary N) is 1. The molecule has 0 spiro atoms. The summed E-state index contributed by atoms with van der Waals surface area (Å²) in [4.78, 5) is 34.9. The van der Waals surface area contributed by atoms with Crippen molar-refractivity contribution in [3.63, 3.8) is 0 Å². The van der Waals surface area contributed by atoms with Crippen molar-refractivity contribution in [3.05, 3.63) is 64.4 Å². The molecule has 130 valence electrons. The van der Waals surface area contributed by atoms with E-state index >= 15 is 0 Å². The zero-order chi connectivity index (χ0) is 18.4. The van der Waals surface area contributed by atoms with Crippen molar-refractivity contribution in [2.45, 2.75) is 0 Å². The first-order valence-electron chi connectivity index (χ1n) is 7.01. The number of carbonyl (C=O) groups is 3.